The van der Waals surface area contributed by atoms with Crippen LogP contribution in [0.3, 0.4) is 0 Å². The predicted molar refractivity (Wildman–Crippen MR) is 252 cm³/mol. The number of rotatable bonds is 6. The molecule has 10 aromatic carbocycles. The summed E-state index contributed by atoms with van der Waals surface area (Å²) < 4.78 is 6.57. The molecule has 284 valence electrons. The number of furan rings is 1. The first-order valence-electron chi connectivity index (χ1n) is 20.6. The minimum Gasteiger partial charge on any atom is -0.455 e. The number of benzene rings is 10. The highest BCUT2D eigenvalue weighted by atomic mass is 16.3. The Bertz CT molecular complexity index is 3650. The van der Waals surface area contributed by atoms with Gasteiger partial charge < -0.3 is 4.42 Å². The fraction of sp³-hybridized carbons (Fsp3) is 0. The highest BCUT2D eigenvalue weighted by Gasteiger charge is 2.21. The zero-order valence-corrected chi connectivity index (χ0v) is 33.0. The molecule has 0 aliphatic carbocycles. The Kier molecular flexibility index (Phi) is 8.13. The Morgan fingerprint density at radius 3 is 1.33 bits per heavy atom. The van der Waals surface area contributed by atoms with Gasteiger partial charge in [0.25, 0.3) is 0 Å². The van der Waals surface area contributed by atoms with E-state index in [0.29, 0.717) is 17.5 Å². The first kappa shape index (κ1) is 34.8. The van der Waals surface area contributed by atoms with Gasteiger partial charge in [-0.05, 0) is 102 Å². The minimum atomic E-state index is 0.552. The molecule has 0 aliphatic heterocycles. The number of nitrogens with zero attached hydrogens (tertiary/aromatic N) is 3. The summed E-state index contributed by atoms with van der Waals surface area (Å²) in [7, 11) is 0. The second-order valence-electron chi connectivity index (χ2n) is 15.5. The van der Waals surface area contributed by atoms with E-state index in [0.717, 1.165) is 82.4 Å². The summed E-state index contributed by atoms with van der Waals surface area (Å²) in [6, 6.07) is 74.7. The standard InChI is InChI=1S/C57H35N3O/c1-3-16-36(17-4-1)41-30-32-49(45-24-11-9-22-43(41)45)55-58-56(60-57(59-55)51-28-15-27-48-47-26-13-14-29-53(47)61-54(48)51)50-33-31-42(44-23-10-12-25-46(44)50)39-34-38-20-7-8-21-40(38)52(35-39)37-18-5-2-6-19-37/h1-35H. The van der Waals surface area contributed by atoms with Crippen molar-refractivity contribution in [1.29, 1.82) is 0 Å². The van der Waals surface area contributed by atoms with Crippen LogP contribution in [0.5, 0.6) is 0 Å². The van der Waals surface area contributed by atoms with Gasteiger partial charge in [-0.1, -0.05) is 176 Å². The number of fused-ring (bicyclic) bond motifs is 6. The van der Waals surface area contributed by atoms with E-state index < -0.39 is 0 Å². The van der Waals surface area contributed by atoms with Gasteiger partial charge in [-0.25, -0.2) is 15.0 Å². The summed E-state index contributed by atoms with van der Waals surface area (Å²) >= 11 is 0. The van der Waals surface area contributed by atoms with Gasteiger partial charge in [-0.3, -0.25) is 0 Å². The highest BCUT2D eigenvalue weighted by Crippen LogP contribution is 2.42. The van der Waals surface area contributed by atoms with E-state index in [1.165, 1.54) is 21.9 Å². The lowest BCUT2D eigenvalue weighted by atomic mass is 9.90. The van der Waals surface area contributed by atoms with E-state index in [-0.39, 0.29) is 0 Å². The summed E-state index contributed by atoms with van der Waals surface area (Å²) in [5.74, 6) is 1.74. The molecule has 0 unspecified atom stereocenters. The topological polar surface area (TPSA) is 51.8 Å². The molecule has 0 saturated heterocycles. The summed E-state index contributed by atoms with van der Waals surface area (Å²) in [5, 5.41) is 8.89. The van der Waals surface area contributed by atoms with Crippen molar-refractivity contribution >= 4 is 54.3 Å². The molecule has 12 aromatic rings. The first-order chi connectivity index (χ1) is 30.2. The van der Waals surface area contributed by atoms with Crippen molar-refractivity contribution < 1.29 is 4.42 Å². The van der Waals surface area contributed by atoms with E-state index in [4.69, 9.17) is 19.4 Å². The summed E-state index contributed by atoms with van der Waals surface area (Å²) in [6.07, 6.45) is 0. The molecule has 4 heteroatoms. The third-order valence-electron chi connectivity index (χ3n) is 12.0. The molecular weight excluding hydrogens is 743 g/mol. The fourth-order valence-electron chi connectivity index (χ4n) is 9.09. The molecule has 0 saturated carbocycles. The molecule has 0 atom stereocenters. The smallest absolute Gasteiger partial charge is 0.167 e. The molecular formula is C57H35N3O. The van der Waals surface area contributed by atoms with Gasteiger partial charge in [0.15, 0.2) is 17.5 Å². The molecule has 2 heterocycles. The van der Waals surface area contributed by atoms with E-state index in [1.807, 2.05) is 18.2 Å². The Morgan fingerprint density at radius 1 is 0.262 bits per heavy atom. The Balaban J connectivity index is 1.10. The first-order valence-corrected chi connectivity index (χ1v) is 20.6. The SMILES string of the molecule is c1ccc(-c2cc(-c3ccc(-c4nc(-c5ccc(-c6ccccc6)c6ccccc56)nc(-c5cccc6c5oc5ccccc56)n4)c4ccccc34)cc3ccccc23)cc1. The molecule has 0 fully saturated rings. The molecule has 0 spiro atoms. The lowest BCUT2D eigenvalue weighted by Gasteiger charge is -2.16. The van der Waals surface area contributed by atoms with Crippen LogP contribution in [0.25, 0.3) is 122 Å². The molecule has 4 nitrogen and oxygen atoms in total. The van der Waals surface area contributed by atoms with E-state index in [2.05, 4.69) is 194 Å². The minimum absolute atomic E-state index is 0.552. The summed E-state index contributed by atoms with van der Waals surface area (Å²) in [5.41, 5.74) is 11.3. The molecule has 0 N–H and O–H groups in total. The molecule has 61 heavy (non-hydrogen) atoms. The maximum atomic E-state index is 6.57. The molecule has 0 aliphatic rings. The Labute approximate surface area is 352 Å². The number of hydrogen-bond donors (Lipinski definition) is 0. The van der Waals surface area contributed by atoms with Crippen LogP contribution in [0.1, 0.15) is 0 Å². The zero-order valence-electron chi connectivity index (χ0n) is 33.0. The lowest BCUT2D eigenvalue weighted by Crippen LogP contribution is -2.01. The van der Waals surface area contributed by atoms with Crippen molar-refractivity contribution in [3.05, 3.63) is 212 Å². The second kappa shape index (κ2) is 14.3. The van der Waals surface area contributed by atoms with Gasteiger partial charge in [-0.15, -0.1) is 0 Å². The monoisotopic (exact) mass is 777 g/mol. The van der Waals surface area contributed by atoms with E-state index in [1.54, 1.807) is 0 Å². The van der Waals surface area contributed by atoms with Crippen LogP contribution in [0.4, 0.5) is 0 Å². The van der Waals surface area contributed by atoms with Gasteiger partial charge in [-0.2, -0.15) is 0 Å². The number of aromatic nitrogens is 3. The van der Waals surface area contributed by atoms with Gasteiger partial charge in [0.05, 0.1) is 5.56 Å². The van der Waals surface area contributed by atoms with Crippen LogP contribution in [0.15, 0.2) is 217 Å². The van der Waals surface area contributed by atoms with Gasteiger partial charge in [0, 0.05) is 21.9 Å². The van der Waals surface area contributed by atoms with Crippen molar-refractivity contribution in [2.75, 3.05) is 0 Å². The van der Waals surface area contributed by atoms with Crippen LogP contribution in [-0.2, 0) is 0 Å². The van der Waals surface area contributed by atoms with Crippen LogP contribution in [-0.4, -0.2) is 15.0 Å². The molecule has 12 rings (SSSR count). The van der Waals surface area contributed by atoms with Crippen molar-refractivity contribution in [3.8, 4) is 67.5 Å². The fourth-order valence-corrected chi connectivity index (χ4v) is 9.09. The largest absolute Gasteiger partial charge is 0.455 e. The van der Waals surface area contributed by atoms with Crippen molar-refractivity contribution in [2.24, 2.45) is 0 Å². The van der Waals surface area contributed by atoms with Gasteiger partial charge in [0.1, 0.15) is 11.2 Å². The molecule has 0 amide bonds. The third-order valence-corrected chi connectivity index (χ3v) is 12.0. The van der Waals surface area contributed by atoms with E-state index >= 15 is 0 Å². The lowest BCUT2D eigenvalue weighted by molar-refractivity contribution is 0.669. The second-order valence-corrected chi connectivity index (χ2v) is 15.5. The maximum Gasteiger partial charge on any atom is 0.167 e. The quantitative estimate of drug-likeness (QED) is 0.169. The zero-order chi connectivity index (χ0) is 40.3. The van der Waals surface area contributed by atoms with Crippen LogP contribution in [0, 0.1) is 0 Å². The van der Waals surface area contributed by atoms with Crippen LogP contribution < -0.4 is 0 Å². The Hall–Kier alpha value is -8.21. The average Bonchev–Trinajstić information content (AvgIpc) is 3.72. The molecule has 2 aromatic heterocycles. The predicted octanol–water partition coefficient (Wildman–Crippen LogP) is 15.2. The van der Waals surface area contributed by atoms with Crippen molar-refractivity contribution in [1.82, 2.24) is 15.0 Å². The van der Waals surface area contributed by atoms with Gasteiger partial charge in [0.2, 0.25) is 0 Å². The average molecular weight is 778 g/mol. The van der Waals surface area contributed by atoms with E-state index in [9.17, 15) is 0 Å². The number of para-hydroxylation sites is 2. The summed E-state index contributed by atoms with van der Waals surface area (Å²) in [6.45, 7) is 0. The van der Waals surface area contributed by atoms with Gasteiger partial charge >= 0.3 is 0 Å². The summed E-state index contributed by atoms with van der Waals surface area (Å²) in [4.78, 5) is 16.0. The normalized spacial score (nSPS) is 11.6. The van der Waals surface area contributed by atoms with Crippen molar-refractivity contribution in [3.63, 3.8) is 0 Å². The third kappa shape index (κ3) is 5.88. The van der Waals surface area contributed by atoms with Crippen molar-refractivity contribution in [2.45, 2.75) is 0 Å². The van der Waals surface area contributed by atoms with Crippen LogP contribution >= 0.6 is 0 Å². The molecule has 0 bridgehead atoms. The maximum absolute atomic E-state index is 6.57. The molecule has 0 radical (unpaired) electrons. The van der Waals surface area contributed by atoms with Crippen LogP contribution in [0.2, 0.25) is 0 Å². The number of hydrogen-bond acceptors (Lipinski definition) is 4. The highest BCUT2D eigenvalue weighted by molar-refractivity contribution is 6.11. The Morgan fingerprint density at radius 2 is 0.705 bits per heavy atom.